The molecule has 10 nitrogen and oxygen atoms in total. The molecule has 4 aromatic rings. The number of aryl methyl sites for hydroxylation is 1. The minimum absolute atomic E-state index is 0.220. The summed E-state index contributed by atoms with van der Waals surface area (Å²) in [4.78, 5) is 50.0. The van der Waals surface area contributed by atoms with Crippen LogP contribution in [0.5, 0.6) is 11.5 Å². The number of urea groups is 1. The van der Waals surface area contributed by atoms with E-state index in [1.165, 1.54) is 6.92 Å². The number of thiophene rings is 1. The van der Waals surface area contributed by atoms with Crippen molar-refractivity contribution in [2.75, 3.05) is 22.9 Å². The van der Waals surface area contributed by atoms with E-state index in [2.05, 4.69) is 4.98 Å². The Morgan fingerprint density at radius 2 is 1.90 bits per heavy atom. The van der Waals surface area contributed by atoms with Crippen molar-refractivity contribution in [3.8, 4) is 11.5 Å². The van der Waals surface area contributed by atoms with Gasteiger partial charge in [-0.15, -0.1) is 11.3 Å². The van der Waals surface area contributed by atoms with Gasteiger partial charge < -0.3 is 20.5 Å². The molecule has 1 fully saturated rings. The zero-order valence-corrected chi connectivity index (χ0v) is 23.4. The van der Waals surface area contributed by atoms with Crippen LogP contribution < -0.4 is 20.3 Å². The van der Waals surface area contributed by atoms with Crippen LogP contribution in [0, 0.1) is 6.92 Å². The number of nitrogens with two attached hydrogens (primary N) is 1. The van der Waals surface area contributed by atoms with Gasteiger partial charge in [0.1, 0.15) is 27.3 Å². The predicted octanol–water partition coefficient (Wildman–Crippen LogP) is 4.95. The van der Waals surface area contributed by atoms with Crippen LogP contribution in [0.1, 0.15) is 35.0 Å². The normalized spacial score (nSPS) is 17.6. The van der Waals surface area contributed by atoms with Gasteiger partial charge in [-0.1, -0.05) is 18.2 Å². The number of pyridine rings is 1. The van der Waals surface area contributed by atoms with E-state index in [0.29, 0.717) is 58.2 Å². The maximum Gasteiger partial charge on any atom is 0.334 e. The number of benzene rings is 2. The van der Waals surface area contributed by atoms with Crippen LogP contribution in [0.15, 0.2) is 60.8 Å². The summed E-state index contributed by atoms with van der Waals surface area (Å²) in [5.41, 5.74) is 8.30. The Labute approximate surface area is 240 Å². The number of rotatable bonds is 6. The summed E-state index contributed by atoms with van der Waals surface area (Å²) in [7, 11) is 0. The molecular weight excluding hydrogens is 542 g/mol. The number of piperidine rings is 1. The van der Waals surface area contributed by atoms with E-state index in [9.17, 15) is 19.5 Å². The first kappa shape index (κ1) is 26.7. The second-order valence-corrected chi connectivity index (χ2v) is 11.3. The fourth-order valence-corrected chi connectivity index (χ4v) is 6.66. The number of hydrogen-bond acceptors (Lipinski definition) is 7. The number of carbonyl (C=O) groups excluding carboxylic acids is 3. The number of ether oxygens (including phenoxy) is 1. The van der Waals surface area contributed by atoms with Crippen LogP contribution >= 0.6 is 11.3 Å². The number of primary amides is 1. The average Bonchev–Trinajstić information content (AvgIpc) is 3.35. The van der Waals surface area contributed by atoms with Crippen LogP contribution in [0.4, 0.5) is 21.9 Å². The van der Waals surface area contributed by atoms with E-state index in [-0.39, 0.29) is 17.5 Å². The number of nitrogens with zero attached hydrogens (tertiary/aromatic N) is 4. The van der Waals surface area contributed by atoms with E-state index in [0.717, 1.165) is 16.9 Å². The van der Waals surface area contributed by atoms with Crippen LogP contribution in [0.25, 0.3) is 10.2 Å². The molecule has 0 unspecified atom stereocenters. The van der Waals surface area contributed by atoms with Gasteiger partial charge in [0.2, 0.25) is 0 Å². The lowest BCUT2D eigenvalue weighted by Crippen LogP contribution is -2.57. The Balaban J connectivity index is 1.46. The molecule has 0 saturated carbocycles. The molecule has 0 bridgehead atoms. The summed E-state index contributed by atoms with van der Waals surface area (Å²) < 4.78 is 6.01. The van der Waals surface area contributed by atoms with Gasteiger partial charge in [0.05, 0.1) is 28.5 Å². The molecule has 210 valence electrons. The van der Waals surface area contributed by atoms with Gasteiger partial charge in [-0.2, -0.15) is 0 Å². The highest BCUT2D eigenvalue weighted by atomic mass is 32.1. The summed E-state index contributed by atoms with van der Waals surface area (Å²) in [6.07, 6.45) is 1.71. The number of amides is 4. The number of para-hydroxylation sites is 1. The third kappa shape index (κ3) is 4.66. The van der Waals surface area contributed by atoms with Gasteiger partial charge in [-0.05, 0) is 68.7 Å². The minimum atomic E-state index is -1.15. The predicted molar refractivity (Wildman–Crippen MR) is 157 cm³/mol. The molecule has 0 radical (unpaired) electrons. The van der Waals surface area contributed by atoms with Crippen molar-refractivity contribution in [2.24, 2.45) is 5.73 Å². The van der Waals surface area contributed by atoms with Crippen molar-refractivity contribution in [3.05, 3.63) is 71.2 Å². The largest absolute Gasteiger partial charge is 0.457 e. The van der Waals surface area contributed by atoms with E-state index < -0.39 is 24.0 Å². The average molecular weight is 572 g/mol. The third-order valence-corrected chi connectivity index (χ3v) is 8.57. The number of likely N-dealkylation sites (tertiary alicyclic amines) is 1. The number of anilines is 3. The first-order chi connectivity index (χ1) is 19.7. The number of aliphatic hydroxyl groups is 1. The van der Waals surface area contributed by atoms with Crippen molar-refractivity contribution >= 4 is 56.5 Å². The van der Waals surface area contributed by atoms with Crippen LogP contribution in [-0.4, -0.2) is 58.1 Å². The summed E-state index contributed by atoms with van der Waals surface area (Å²) >= 11 is 1.15. The molecule has 0 spiro atoms. The van der Waals surface area contributed by atoms with Crippen molar-refractivity contribution in [1.82, 2.24) is 9.88 Å². The summed E-state index contributed by atoms with van der Waals surface area (Å²) in [6, 6.07) is 15.9. The SMILES string of the molecule is Cc1cc(Oc2ccccc2)ccc1N1C(=O)N([C@@H]2CCCN(C(=O)[C@@H](C)O)C2)c2c(C(N)=O)sc3nccc1c23. The van der Waals surface area contributed by atoms with Gasteiger partial charge in [-0.3, -0.25) is 19.4 Å². The lowest BCUT2D eigenvalue weighted by Gasteiger charge is -2.44. The van der Waals surface area contributed by atoms with Crippen molar-refractivity contribution in [1.29, 1.82) is 0 Å². The van der Waals surface area contributed by atoms with E-state index >= 15 is 0 Å². The molecule has 0 aliphatic carbocycles. The number of aliphatic hydroxyl groups excluding tert-OH is 1. The molecule has 4 heterocycles. The monoisotopic (exact) mass is 571 g/mol. The molecule has 2 aliphatic rings. The maximum atomic E-state index is 14.5. The topological polar surface area (TPSA) is 129 Å². The van der Waals surface area contributed by atoms with Gasteiger partial charge in [0.15, 0.2) is 0 Å². The molecular formula is C30H29N5O5S. The van der Waals surface area contributed by atoms with Gasteiger partial charge >= 0.3 is 6.03 Å². The smallest absolute Gasteiger partial charge is 0.334 e. The summed E-state index contributed by atoms with van der Waals surface area (Å²) in [5, 5.41) is 10.6. The number of aromatic nitrogens is 1. The molecule has 2 atom stereocenters. The highest BCUT2D eigenvalue weighted by molar-refractivity contribution is 7.21. The minimum Gasteiger partial charge on any atom is -0.457 e. The quantitative estimate of drug-likeness (QED) is 0.337. The molecule has 41 heavy (non-hydrogen) atoms. The first-order valence-electron chi connectivity index (χ1n) is 13.4. The molecule has 11 heteroatoms. The van der Waals surface area contributed by atoms with E-state index in [4.69, 9.17) is 10.5 Å². The maximum absolute atomic E-state index is 14.5. The van der Waals surface area contributed by atoms with Gasteiger partial charge in [0.25, 0.3) is 11.8 Å². The Morgan fingerprint density at radius 3 is 2.61 bits per heavy atom. The summed E-state index contributed by atoms with van der Waals surface area (Å²) in [5.74, 6) is 0.289. The zero-order valence-electron chi connectivity index (χ0n) is 22.6. The summed E-state index contributed by atoms with van der Waals surface area (Å²) in [6.45, 7) is 4.04. The van der Waals surface area contributed by atoms with Crippen LogP contribution in [-0.2, 0) is 4.79 Å². The molecule has 3 N–H and O–H groups in total. The lowest BCUT2D eigenvalue weighted by molar-refractivity contribution is -0.140. The van der Waals surface area contributed by atoms with Crippen LogP contribution in [0.2, 0.25) is 0 Å². The highest BCUT2D eigenvalue weighted by Gasteiger charge is 2.43. The van der Waals surface area contributed by atoms with Gasteiger partial charge in [-0.25, -0.2) is 9.78 Å². The molecule has 6 rings (SSSR count). The molecule has 4 amide bonds. The first-order valence-corrected chi connectivity index (χ1v) is 14.2. The van der Waals surface area contributed by atoms with Gasteiger partial charge in [0, 0.05) is 19.3 Å². The van der Waals surface area contributed by atoms with Crippen molar-refractivity contribution in [2.45, 2.75) is 38.8 Å². The Bertz CT molecular complexity index is 1670. The number of hydrogen-bond donors (Lipinski definition) is 2. The van der Waals surface area contributed by atoms with E-state index in [1.54, 1.807) is 27.0 Å². The lowest BCUT2D eigenvalue weighted by atomic mass is 10.00. The van der Waals surface area contributed by atoms with Crippen molar-refractivity contribution < 1.29 is 24.2 Å². The fourth-order valence-electron chi connectivity index (χ4n) is 5.65. The van der Waals surface area contributed by atoms with Crippen LogP contribution in [0.3, 0.4) is 0 Å². The highest BCUT2D eigenvalue weighted by Crippen LogP contribution is 2.50. The standard InChI is InChI=1S/C30H29N5O5S/c1-17-15-21(40-20-8-4-3-5-9-20)10-11-22(17)35-23-12-13-32-28-24(23)25(26(41-28)27(31)37)34(30(35)39)19-7-6-14-33(16-19)29(38)18(2)36/h3-5,8-13,15,18-19,36H,6-7,14,16H2,1-2H3,(H2,31,37)/t18-,19-/m1/s1. The second-order valence-electron chi connectivity index (χ2n) is 10.3. The fraction of sp³-hybridized carbons (Fsp3) is 0.267. The zero-order chi connectivity index (χ0) is 28.8. The Kier molecular flexibility index (Phi) is 6.84. The Morgan fingerprint density at radius 1 is 1.12 bits per heavy atom. The number of carbonyl (C=O) groups is 3. The Hall–Kier alpha value is -4.48. The van der Waals surface area contributed by atoms with E-state index in [1.807, 2.05) is 55.5 Å². The molecule has 2 aromatic heterocycles. The molecule has 2 aliphatic heterocycles. The molecule has 2 aromatic carbocycles. The third-order valence-electron chi connectivity index (χ3n) is 7.47. The molecule has 1 saturated heterocycles. The second kappa shape index (κ2) is 10.5. The van der Waals surface area contributed by atoms with Crippen molar-refractivity contribution in [3.63, 3.8) is 0 Å².